The Hall–Kier alpha value is -2.88. The van der Waals surface area contributed by atoms with Gasteiger partial charge in [-0.2, -0.15) is 5.10 Å². The zero-order valence-electron chi connectivity index (χ0n) is 12.7. The highest BCUT2D eigenvalue weighted by atomic mass is 32.1. The molecule has 0 saturated heterocycles. The van der Waals surface area contributed by atoms with Crippen molar-refractivity contribution >= 4 is 17.2 Å². The van der Waals surface area contributed by atoms with Crippen molar-refractivity contribution in [2.45, 2.75) is 19.3 Å². The van der Waals surface area contributed by atoms with Gasteiger partial charge in [0.1, 0.15) is 5.82 Å². The number of hydrogen-bond acceptors (Lipinski definition) is 7. The predicted octanol–water partition coefficient (Wildman–Crippen LogP) is 0.303. The third kappa shape index (κ3) is 4.32. The molecule has 0 unspecified atom stereocenters. The van der Waals surface area contributed by atoms with Gasteiger partial charge in [0.05, 0.1) is 5.69 Å². The number of aromatic nitrogens is 6. The van der Waals surface area contributed by atoms with Gasteiger partial charge in [-0.15, -0.1) is 11.3 Å². The van der Waals surface area contributed by atoms with Crippen molar-refractivity contribution in [1.29, 1.82) is 0 Å². The minimum Gasteiger partial charge on any atom is -0.356 e. The predicted molar refractivity (Wildman–Crippen MR) is 87.4 cm³/mol. The van der Waals surface area contributed by atoms with Crippen molar-refractivity contribution in [2.24, 2.45) is 0 Å². The van der Waals surface area contributed by atoms with Crippen LogP contribution in [0.25, 0.3) is 10.8 Å². The number of aromatic amines is 2. The van der Waals surface area contributed by atoms with Crippen LogP contribution in [-0.2, 0) is 17.6 Å². The molecule has 3 rings (SSSR count). The molecule has 3 N–H and O–H groups in total. The number of amides is 1. The maximum Gasteiger partial charge on any atom is 0.340 e. The fraction of sp³-hybridized carbons (Fsp3) is 0.286. The minimum atomic E-state index is -0.368. The number of rotatable bonds is 7. The Balaban J connectivity index is 1.42. The Labute approximate surface area is 140 Å². The lowest BCUT2D eigenvalue weighted by Crippen LogP contribution is -2.26. The first-order valence-corrected chi connectivity index (χ1v) is 8.21. The summed E-state index contributed by atoms with van der Waals surface area (Å²) in [6, 6.07) is 1.76. The first kappa shape index (κ1) is 16.0. The molecule has 3 aromatic heterocycles. The molecule has 3 heterocycles. The van der Waals surface area contributed by atoms with Crippen LogP contribution in [-0.4, -0.2) is 42.6 Å². The summed E-state index contributed by atoms with van der Waals surface area (Å²) >= 11 is 1.48. The topological polar surface area (TPSA) is 129 Å². The molecular weight excluding hydrogens is 330 g/mol. The lowest BCUT2D eigenvalue weighted by molar-refractivity contribution is -0.121. The van der Waals surface area contributed by atoms with Crippen LogP contribution in [0.3, 0.4) is 0 Å². The van der Waals surface area contributed by atoms with E-state index in [9.17, 15) is 9.59 Å². The number of carbonyl (C=O) groups is 1. The smallest absolute Gasteiger partial charge is 0.340 e. The van der Waals surface area contributed by atoms with E-state index in [4.69, 9.17) is 0 Å². The Bertz CT molecular complexity index is 855. The normalized spacial score (nSPS) is 10.7. The number of thiazole rings is 1. The Morgan fingerprint density at radius 3 is 2.83 bits per heavy atom. The van der Waals surface area contributed by atoms with Gasteiger partial charge in [-0.05, 0) is 6.07 Å². The summed E-state index contributed by atoms with van der Waals surface area (Å²) in [6.45, 7) is 0.495. The molecule has 3 aromatic rings. The first-order valence-electron chi connectivity index (χ1n) is 7.33. The molecule has 24 heavy (non-hydrogen) atoms. The summed E-state index contributed by atoms with van der Waals surface area (Å²) < 4.78 is 0. The summed E-state index contributed by atoms with van der Waals surface area (Å²) in [5.74, 6) is 0.980. The third-order valence-corrected chi connectivity index (χ3v) is 4.04. The zero-order chi connectivity index (χ0) is 16.8. The lowest BCUT2D eigenvalue weighted by atomic mass is 10.2. The molecule has 0 spiro atoms. The zero-order valence-corrected chi connectivity index (χ0v) is 13.5. The van der Waals surface area contributed by atoms with Gasteiger partial charge in [0.25, 0.3) is 0 Å². The van der Waals surface area contributed by atoms with Crippen LogP contribution in [0.2, 0.25) is 0 Å². The summed E-state index contributed by atoms with van der Waals surface area (Å²) in [6.07, 6.45) is 4.64. The van der Waals surface area contributed by atoms with Crippen molar-refractivity contribution < 1.29 is 4.79 Å². The number of aryl methyl sites for hydroxylation is 1. The summed E-state index contributed by atoms with van der Waals surface area (Å²) in [7, 11) is 0. The second-order valence-corrected chi connectivity index (χ2v) is 5.80. The maximum atomic E-state index is 11.8. The second-order valence-electron chi connectivity index (χ2n) is 4.94. The minimum absolute atomic E-state index is 0.0966. The van der Waals surface area contributed by atoms with E-state index in [-0.39, 0.29) is 18.0 Å². The molecule has 0 fully saturated rings. The molecule has 0 aliphatic heterocycles. The van der Waals surface area contributed by atoms with Gasteiger partial charge in [0.15, 0.2) is 10.8 Å². The highest BCUT2D eigenvalue weighted by Crippen LogP contribution is 2.19. The fourth-order valence-corrected chi connectivity index (χ4v) is 2.81. The molecule has 9 nitrogen and oxygen atoms in total. The van der Waals surface area contributed by atoms with E-state index in [2.05, 4.69) is 35.5 Å². The number of nitrogens with one attached hydrogen (secondary N) is 3. The SMILES string of the molecule is O=C(CCc1n[nH]c(=O)[nH]1)NCCc1csc(-c2ncccn2)n1. The number of H-pyrrole nitrogens is 2. The summed E-state index contributed by atoms with van der Waals surface area (Å²) in [4.78, 5) is 37.9. The molecule has 0 aromatic carbocycles. The molecule has 1 amide bonds. The third-order valence-electron chi connectivity index (χ3n) is 3.15. The first-order chi connectivity index (χ1) is 11.7. The molecule has 0 saturated carbocycles. The van der Waals surface area contributed by atoms with E-state index < -0.39 is 0 Å². The van der Waals surface area contributed by atoms with E-state index in [1.165, 1.54) is 11.3 Å². The average Bonchev–Trinajstić information content (AvgIpc) is 3.23. The fourth-order valence-electron chi connectivity index (χ4n) is 2.01. The Morgan fingerprint density at radius 1 is 1.25 bits per heavy atom. The monoisotopic (exact) mass is 345 g/mol. The van der Waals surface area contributed by atoms with Crippen molar-refractivity contribution in [3.05, 3.63) is 45.8 Å². The van der Waals surface area contributed by atoms with Gasteiger partial charge in [-0.1, -0.05) is 0 Å². The lowest BCUT2D eigenvalue weighted by Gasteiger charge is -2.02. The largest absolute Gasteiger partial charge is 0.356 e. The van der Waals surface area contributed by atoms with Crippen LogP contribution in [0.1, 0.15) is 17.9 Å². The van der Waals surface area contributed by atoms with Gasteiger partial charge in [0.2, 0.25) is 5.91 Å². The van der Waals surface area contributed by atoms with Crippen molar-refractivity contribution in [1.82, 2.24) is 35.5 Å². The summed E-state index contributed by atoms with van der Waals surface area (Å²) in [5.41, 5.74) is 0.520. The van der Waals surface area contributed by atoms with E-state index in [0.717, 1.165) is 10.7 Å². The van der Waals surface area contributed by atoms with Crippen LogP contribution in [0.15, 0.2) is 28.6 Å². The average molecular weight is 345 g/mol. The Kier molecular flexibility index (Phi) is 5.06. The molecule has 0 aliphatic rings. The molecule has 124 valence electrons. The molecular formula is C14H15N7O2S. The summed E-state index contributed by atoms with van der Waals surface area (Å²) in [5, 5.41) is 11.5. The van der Waals surface area contributed by atoms with E-state index >= 15 is 0 Å². The molecule has 0 aliphatic carbocycles. The second kappa shape index (κ2) is 7.59. The van der Waals surface area contributed by atoms with Crippen molar-refractivity contribution in [3.8, 4) is 10.8 Å². The van der Waals surface area contributed by atoms with Crippen molar-refractivity contribution in [3.63, 3.8) is 0 Å². The highest BCUT2D eigenvalue weighted by Gasteiger charge is 2.08. The molecule has 0 radical (unpaired) electrons. The van der Waals surface area contributed by atoms with Crippen LogP contribution < -0.4 is 11.0 Å². The van der Waals surface area contributed by atoms with Gasteiger partial charge in [-0.3, -0.25) is 9.78 Å². The van der Waals surface area contributed by atoms with Crippen LogP contribution >= 0.6 is 11.3 Å². The number of carbonyl (C=O) groups excluding carboxylic acids is 1. The van der Waals surface area contributed by atoms with Gasteiger partial charge in [0, 0.05) is 43.6 Å². The van der Waals surface area contributed by atoms with E-state index in [0.29, 0.717) is 31.0 Å². The van der Waals surface area contributed by atoms with Crippen LogP contribution in [0.5, 0.6) is 0 Å². The van der Waals surface area contributed by atoms with Crippen LogP contribution in [0.4, 0.5) is 0 Å². The van der Waals surface area contributed by atoms with Gasteiger partial charge in [-0.25, -0.2) is 24.8 Å². The number of nitrogens with zero attached hydrogens (tertiary/aromatic N) is 4. The van der Waals surface area contributed by atoms with Crippen LogP contribution in [0, 0.1) is 0 Å². The van der Waals surface area contributed by atoms with Gasteiger partial charge < -0.3 is 5.32 Å². The Morgan fingerprint density at radius 2 is 2.08 bits per heavy atom. The van der Waals surface area contributed by atoms with Crippen molar-refractivity contribution in [2.75, 3.05) is 6.54 Å². The maximum absolute atomic E-state index is 11.8. The van der Waals surface area contributed by atoms with E-state index in [1.807, 2.05) is 5.38 Å². The van der Waals surface area contributed by atoms with Gasteiger partial charge >= 0.3 is 5.69 Å². The molecule has 0 bridgehead atoms. The number of hydrogen-bond donors (Lipinski definition) is 3. The highest BCUT2D eigenvalue weighted by molar-refractivity contribution is 7.13. The standard InChI is InChI=1S/C14H15N7O2S/c22-11(3-2-10-19-14(23)21-20-10)15-7-4-9-8-24-13(18-9)12-16-5-1-6-17-12/h1,5-6,8H,2-4,7H2,(H,15,22)(H2,19,20,21,23). The quantitative estimate of drug-likeness (QED) is 0.565. The van der Waals surface area contributed by atoms with E-state index in [1.54, 1.807) is 18.5 Å². The molecule has 10 heteroatoms. The molecule has 0 atom stereocenters.